The lowest BCUT2D eigenvalue weighted by atomic mass is 10.2. The minimum Gasteiger partial charge on any atom is -0.349 e. The smallest absolute Gasteiger partial charge is 0.346 e. The van der Waals surface area contributed by atoms with E-state index in [-0.39, 0.29) is 24.2 Å². The molecule has 0 spiro atoms. The van der Waals surface area contributed by atoms with Crippen LogP contribution in [0.5, 0.6) is 0 Å². The summed E-state index contributed by atoms with van der Waals surface area (Å²) in [7, 11) is 0. The van der Waals surface area contributed by atoms with E-state index in [1.165, 1.54) is 4.68 Å². The molecule has 0 atom stereocenters. The zero-order valence-corrected chi connectivity index (χ0v) is 15.3. The Balaban J connectivity index is 1.54. The molecule has 138 valence electrons. The monoisotopic (exact) mass is 383 g/mol. The van der Waals surface area contributed by atoms with Gasteiger partial charge in [0, 0.05) is 22.8 Å². The third kappa shape index (κ3) is 3.93. The van der Waals surface area contributed by atoms with Gasteiger partial charge in [-0.2, -0.15) is 0 Å². The number of hydrogen-bond donors (Lipinski definition) is 1. The quantitative estimate of drug-likeness (QED) is 0.708. The van der Waals surface area contributed by atoms with Crippen molar-refractivity contribution in [2.75, 3.05) is 0 Å². The number of pyridine rings is 1. The summed E-state index contributed by atoms with van der Waals surface area (Å²) in [5.74, 6) is 0.280. The Hall–Kier alpha value is -2.93. The second-order valence-corrected chi connectivity index (χ2v) is 6.91. The van der Waals surface area contributed by atoms with Gasteiger partial charge in [-0.3, -0.25) is 14.3 Å². The average Bonchev–Trinajstić information content (AvgIpc) is 3.46. The van der Waals surface area contributed by atoms with Gasteiger partial charge in [-0.1, -0.05) is 17.7 Å². The Bertz CT molecular complexity index is 1010. The topological polar surface area (TPSA) is 81.8 Å². The van der Waals surface area contributed by atoms with Crippen LogP contribution in [0.15, 0.2) is 53.5 Å². The number of nitrogens with one attached hydrogen (secondary N) is 1. The number of amides is 1. The maximum Gasteiger partial charge on any atom is 0.346 e. The van der Waals surface area contributed by atoms with Gasteiger partial charge in [0.15, 0.2) is 5.82 Å². The van der Waals surface area contributed by atoms with Crippen molar-refractivity contribution in [1.82, 2.24) is 24.6 Å². The van der Waals surface area contributed by atoms with Crippen LogP contribution in [0.3, 0.4) is 0 Å². The molecule has 1 amide bonds. The van der Waals surface area contributed by atoms with E-state index in [1.54, 1.807) is 22.9 Å². The molecule has 2 heterocycles. The number of benzene rings is 1. The molecule has 0 unspecified atom stereocenters. The highest BCUT2D eigenvalue weighted by atomic mass is 35.5. The first-order valence-corrected chi connectivity index (χ1v) is 9.11. The van der Waals surface area contributed by atoms with E-state index in [4.69, 9.17) is 11.6 Å². The maximum absolute atomic E-state index is 12.8. The predicted octanol–water partition coefficient (Wildman–Crippen LogP) is 2.41. The van der Waals surface area contributed by atoms with E-state index in [0.717, 1.165) is 24.1 Å². The zero-order valence-electron chi connectivity index (χ0n) is 14.5. The number of halogens is 1. The zero-order chi connectivity index (χ0) is 18.8. The van der Waals surface area contributed by atoms with Crippen molar-refractivity contribution in [2.45, 2.75) is 32.0 Å². The Labute approximate surface area is 160 Å². The van der Waals surface area contributed by atoms with Crippen LogP contribution in [0.4, 0.5) is 0 Å². The normalized spacial score (nSPS) is 13.5. The molecular formula is C19H18ClN5O2. The van der Waals surface area contributed by atoms with Gasteiger partial charge in [0.2, 0.25) is 5.91 Å². The fraction of sp³-hybridized carbons (Fsp3) is 0.263. The molecule has 3 aromatic rings. The van der Waals surface area contributed by atoms with Crippen molar-refractivity contribution < 1.29 is 4.79 Å². The Morgan fingerprint density at radius 3 is 2.63 bits per heavy atom. The summed E-state index contributed by atoms with van der Waals surface area (Å²) in [5, 5.41) is 7.80. The highest BCUT2D eigenvalue weighted by Gasteiger charge is 2.30. The van der Waals surface area contributed by atoms with Crippen LogP contribution in [0, 0.1) is 0 Å². The minimum absolute atomic E-state index is 0.133. The first-order valence-electron chi connectivity index (χ1n) is 8.74. The van der Waals surface area contributed by atoms with Gasteiger partial charge < -0.3 is 5.32 Å². The molecule has 0 radical (unpaired) electrons. The summed E-state index contributed by atoms with van der Waals surface area (Å²) in [6.07, 6.45) is 3.55. The van der Waals surface area contributed by atoms with Crippen molar-refractivity contribution >= 4 is 17.5 Å². The highest BCUT2D eigenvalue weighted by Crippen LogP contribution is 2.36. The van der Waals surface area contributed by atoms with Crippen molar-refractivity contribution in [1.29, 1.82) is 0 Å². The van der Waals surface area contributed by atoms with E-state index in [0.29, 0.717) is 17.4 Å². The van der Waals surface area contributed by atoms with Crippen LogP contribution >= 0.6 is 11.6 Å². The molecule has 1 aliphatic carbocycles. The third-order valence-electron chi connectivity index (χ3n) is 4.37. The molecule has 1 N–H and O–H groups in total. The van der Waals surface area contributed by atoms with Gasteiger partial charge in [-0.15, -0.1) is 5.10 Å². The van der Waals surface area contributed by atoms with Crippen molar-refractivity contribution in [3.8, 4) is 11.4 Å². The van der Waals surface area contributed by atoms with Crippen LogP contribution in [-0.4, -0.2) is 25.2 Å². The summed E-state index contributed by atoms with van der Waals surface area (Å²) < 4.78 is 2.89. The number of carbonyl (C=O) groups is 1. The molecule has 0 bridgehead atoms. The standard InChI is InChI=1S/C19H18ClN5O2/c20-14-6-4-13(5-7-14)18-23-24(19(27)25(18)16-8-9-16)12-17(26)22-11-15-3-1-2-10-21-15/h1-7,10,16H,8-9,11-12H2,(H,22,26). The van der Waals surface area contributed by atoms with Crippen LogP contribution < -0.4 is 11.0 Å². The largest absolute Gasteiger partial charge is 0.349 e. The van der Waals surface area contributed by atoms with Crippen molar-refractivity contribution in [2.24, 2.45) is 0 Å². The summed E-state index contributed by atoms with van der Waals surface area (Å²) in [5.41, 5.74) is 1.29. The summed E-state index contributed by atoms with van der Waals surface area (Å²) in [4.78, 5) is 29.2. The molecule has 1 saturated carbocycles. The predicted molar refractivity (Wildman–Crippen MR) is 101 cm³/mol. The Morgan fingerprint density at radius 1 is 1.19 bits per heavy atom. The molecule has 2 aromatic heterocycles. The molecule has 0 aliphatic heterocycles. The van der Waals surface area contributed by atoms with Gasteiger partial charge in [0.1, 0.15) is 6.54 Å². The van der Waals surface area contributed by atoms with Crippen molar-refractivity contribution in [3.63, 3.8) is 0 Å². The first-order chi connectivity index (χ1) is 13.1. The highest BCUT2D eigenvalue weighted by molar-refractivity contribution is 6.30. The fourth-order valence-corrected chi connectivity index (χ4v) is 2.99. The maximum atomic E-state index is 12.8. The summed E-state index contributed by atoms with van der Waals surface area (Å²) >= 11 is 5.95. The Kier molecular flexibility index (Phi) is 4.77. The number of hydrogen-bond acceptors (Lipinski definition) is 4. The fourth-order valence-electron chi connectivity index (χ4n) is 2.86. The summed E-state index contributed by atoms with van der Waals surface area (Å²) in [6.45, 7) is 0.174. The molecule has 0 saturated heterocycles. The van der Waals surface area contributed by atoms with E-state index in [9.17, 15) is 9.59 Å². The second kappa shape index (κ2) is 7.36. The minimum atomic E-state index is -0.286. The van der Waals surface area contributed by atoms with Gasteiger partial charge in [-0.25, -0.2) is 9.48 Å². The van der Waals surface area contributed by atoms with Crippen LogP contribution in [0.1, 0.15) is 24.6 Å². The number of nitrogens with zero attached hydrogens (tertiary/aromatic N) is 4. The number of carbonyl (C=O) groups excluding carboxylic acids is 1. The van der Waals surface area contributed by atoms with Crippen LogP contribution in [-0.2, 0) is 17.9 Å². The van der Waals surface area contributed by atoms with Crippen LogP contribution in [0.25, 0.3) is 11.4 Å². The molecule has 1 aliphatic rings. The molecule has 7 nitrogen and oxygen atoms in total. The van der Waals surface area contributed by atoms with Gasteiger partial charge >= 0.3 is 5.69 Å². The molecule has 1 fully saturated rings. The molecular weight excluding hydrogens is 366 g/mol. The van der Waals surface area contributed by atoms with Gasteiger partial charge in [0.05, 0.1) is 12.2 Å². The van der Waals surface area contributed by atoms with E-state index in [1.807, 2.05) is 30.3 Å². The van der Waals surface area contributed by atoms with Gasteiger partial charge in [-0.05, 0) is 49.2 Å². The van der Waals surface area contributed by atoms with E-state index in [2.05, 4.69) is 15.4 Å². The lowest BCUT2D eigenvalue weighted by Crippen LogP contribution is -2.33. The molecule has 1 aromatic carbocycles. The van der Waals surface area contributed by atoms with Crippen molar-refractivity contribution in [3.05, 3.63) is 69.9 Å². The number of aromatic nitrogens is 4. The second-order valence-electron chi connectivity index (χ2n) is 6.47. The molecule has 27 heavy (non-hydrogen) atoms. The first kappa shape index (κ1) is 17.5. The van der Waals surface area contributed by atoms with Gasteiger partial charge in [0.25, 0.3) is 0 Å². The third-order valence-corrected chi connectivity index (χ3v) is 4.62. The molecule has 4 rings (SSSR count). The SMILES string of the molecule is O=C(Cn1nc(-c2ccc(Cl)cc2)n(C2CC2)c1=O)NCc1ccccn1. The number of rotatable bonds is 6. The molecule has 8 heteroatoms. The lowest BCUT2D eigenvalue weighted by Gasteiger charge is -2.04. The van der Waals surface area contributed by atoms with Crippen LogP contribution in [0.2, 0.25) is 5.02 Å². The van der Waals surface area contributed by atoms with E-state index < -0.39 is 0 Å². The van der Waals surface area contributed by atoms with E-state index >= 15 is 0 Å². The summed E-state index contributed by atoms with van der Waals surface area (Å²) in [6, 6.07) is 12.8. The Morgan fingerprint density at radius 2 is 1.96 bits per heavy atom. The lowest BCUT2D eigenvalue weighted by molar-refractivity contribution is -0.122. The average molecular weight is 384 g/mol.